The lowest BCUT2D eigenvalue weighted by Crippen LogP contribution is -2.42. The van der Waals surface area contributed by atoms with Gasteiger partial charge in [-0.1, -0.05) is 55.8 Å². The summed E-state index contributed by atoms with van der Waals surface area (Å²) >= 11 is 0. The molecule has 0 spiro atoms. The molecule has 0 saturated heterocycles. The number of hydrogen-bond donors (Lipinski definition) is 1. The molecule has 3 heterocycles. The maximum absolute atomic E-state index is 13.7. The third-order valence-electron chi connectivity index (χ3n) is 6.62. The molecule has 0 saturated carbocycles. The Morgan fingerprint density at radius 2 is 1.91 bits per heavy atom. The maximum Gasteiger partial charge on any atom is 0.262 e. The minimum absolute atomic E-state index is 0.0819. The van der Waals surface area contributed by atoms with Crippen molar-refractivity contribution in [2.24, 2.45) is 10.7 Å². The standard InChI is InChI=1S/C27H28N6O2/c1-3-12-27(22-10-5-4-6-11-22)25(35)33(26(28)31-27)15-19-8-7-9-20(13-19)24(34)32-16-21-14-29-18(2)30-23(21)17-32/h4-11,13-14H,3,12,15-17H2,1-2H3,(H2,28,31). The van der Waals surface area contributed by atoms with Crippen LogP contribution < -0.4 is 5.73 Å². The van der Waals surface area contributed by atoms with E-state index in [1.165, 1.54) is 4.90 Å². The predicted molar refractivity (Wildman–Crippen MR) is 132 cm³/mol. The first-order valence-corrected chi connectivity index (χ1v) is 11.8. The summed E-state index contributed by atoms with van der Waals surface area (Å²) in [4.78, 5) is 43.6. The Hall–Kier alpha value is -4.07. The smallest absolute Gasteiger partial charge is 0.262 e. The molecule has 2 amide bonds. The molecule has 1 unspecified atom stereocenters. The maximum atomic E-state index is 13.7. The van der Waals surface area contributed by atoms with E-state index >= 15 is 0 Å². The van der Waals surface area contributed by atoms with E-state index in [2.05, 4.69) is 15.0 Å². The van der Waals surface area contributed by atoms with Gasteiger partial charge in [-0.25, -0.2) is 15.0 Å². The van der Waals surface area contributed by atoms with E-state index in [1.54, 1.807) is 17.2 Å². The number of amides is 2. The van der Waals surface area contributed by atoms with Gasteiger partial charge in [0.15, 0.2) is 11.5 Å². The van der Waals surface area contributed by atoms with Crippen molar-refractivity contribution in [1.82, 2.24) is 19.8 Å². The number of carbonyl (C=O) groups is 2. The van der Waals surface area contributed by atoms with Gasteiger partial charge in [0.05, 0.1) is 18.8 Å². The number of aryl methyl sites for hydroxylation is 1. The zero-order chi connectivity index (χ0) is 24.6. The second-order valence-electron chi connectivity index (χ2n) is 9.09. The zero-order valence-electron chi connectivity index (χ0n) is 19.9. The number of guanidine groups is 1. The van der Waals surface area contributed by atoms with Gasteiger partial charge in [-0.3, -0.25) is 14.5 Å². The Morgan fingerprint density at radius 1 is 1.11 bits per heavy atom. The van der Waals surface area contributed by atoms with E-state index in [4.69, 9.17) is 5.73 Å². The van der Waals surface area contributed by atoms with Gasteiger partial charge >= 0.3 is 0 Å². The Kier molecular flexibility index (Phi) is 5.80. The monoisotopic (exact) mass is 468 g/mol. The molecule has 0 fully saturated rings. The summed E-state index contributed by atoms with van der Waals surface area (Å²) in [5.41, 5.74) is 9.36. The van der Waals surface area contributed by atoms with E-state index in [0.29, 0.717) is 30.9 Å². The van der Waals surface area contributed by atoms with Gasteiger partial charge in [0.2, 0.25) is 0 Å². The van der Waals surface area contributed by atoms with Gasteiger partial charge in [-0.15, -0.1) is 0 Å². The van der Waals surface area contributed by atoms with Gasteiger partial charge in [-0.2, -0.15) is 0 Å². The fourth-order valence-electron chi connectivity index (χ4n) is 4.92. The number of benzene rings is 2. The number of nitrogens with two attached hydrogens (primary N) is 1. The van der Waals surface area contributed by atoms with Crippen LogP contribution in [0.5, 0.6) is 0 Å². The number of nitrogens with zero attached hydrogens (tertiary/aromatic N) is 5. The molecule has 35 heavy (non-hydrogen) atoms. The lowest BCUT2D eigenvalue weighted by Gasteiger charge is -2.26. The number of fused-ring (bicyclic) bond motifs is 1. The molecule has 8 nitrogen and oxygen atoms in total. The molecule has 5 rings (SSSR count). The van der Waals surface area contributed by atoms with Crippen LogP contribution >= 0.6 is 0 Å². The van der Waals surface area contributed by atoms with Crippen LogP contribution in [0, 0.1) is 6.92 Å². The third kappa shape index (κ3) is 4.05. The molecule has 2 aromatic carbocycles. The van der Waals surface area contributed by atoms with Crippen molar-refractivity contribution in [2.75, 3.05) is 0 Å². The summed E-state index contributed by atoms with van der Waals surface area (Å²) < 4.78 is 0. The second-order valence-corrected chi connectivity index (χ2v) is 9.09. The van der Waals surface area contributed by atoms with Crippen LogP contribution in [0.1, 0.15) is 58.3 Å². The van der Waals surface area contributed by atoms with E-state index < -0.39 is 5.54 Å². The molecule has 0 aliphatic carbocycles. The van der Waals surface area contributed by atoms with Crippen LogP contribution in [0.2, 0.25) is 0 Å². The van der Waals surface area contributed by atoms with Gasteiger partial charge in [0.1, 0.15) is 5.82 Å². The Morgan fingerprint density at radius 3 is 2.69 bits per heavy atom. The highest BCUT2D eigenvalue weighted by Gasteiger charge is 2.48. The summed E-state index contributed by atoms with van der Waals surface area (Å²) in [6.45, 7) is 5.07. The molecule has 3 aromatic rings. The highest BCUT2D eigenvalue weighted by Crippen LogP contribution is 2.38. The fraction of sp³-hybridized carbons (Fsp3) is 0.296. The Balaban J connectivity index is 1.36. The van der Waals surface area contributed by atoms with Gasteiger partial charge < -0.3 is 10.6 Å². The molecule has 1 aromatic heterocycles. The molecule has 178 valence electrons. The number of aromatic nitrogens is 2. The molecule has 8 heteroatoms. The summed E-state index contributed by atoms with van der Waals surface area (Å²) in [5.74, 6) is 0.683. The van der Waals surface area contributed by atoms with E-state index in [1.807, 2.05) is 62.4 Å². The number of carbonyl (C=O) groups excluding carboxylic acids is 2. The van der Waals surface area contributed by atoms with E-state index in [-0.39, 0.29) is 24.3 Å². The first-order valence-electron chi connectivity index (χ1n) is 11.8. The number of rotatable bonds is 6. The Bertz CT molecular complexity index is 1320. The topological polar surface area (TPSA) is 105 Å². The Labute approximate surface area is 204 Å². The largest absolute Gasteiger partial charge is 0.369 e. The van der Waals surface area contributed by atoms with Gasteiger partial charge in [0.25, 0.3) is 11.8 Å². The summed E-state index contributed by atoms with van der Waals surface area (Å²) in [6.07, 6.45) is 3.15. The van der Waals surface area contributed by atoms with Crippen molar-refractivity contribution in [3.8, 4) is 0 Å². The third-order valence-corrected chi connectivity index (χ3v) is 6.62. The van der Waals surface area contributed by atoms with Crippen molar-refractivity contribution in [3.05, 3.63) is 94.6 Å². The van der Waals surface area contributed by atoms with Crippen molar-refractivity contribution in [2.45, 2.75) is 51.9 Å². The van der Waals surface area contributed by atoms with Crippen LogP contribution in [0.4, 0.5) is 0 Å². The lowest BCUT2D eigenvalue weighted by atomic mass is 9.85. The van der Waals surface area contributed by atoms with Gasteiger partial charge in [0, 0.05) is 23.9 Å². The normalized spacial score (nSPS) is 19.1. The summed E-state index contributed by atoms with van der Waals surface area (Å²) in [7, 11) is 0. The molecule has 0 bridgehead atoms. The molecule has 2 N–H and O–H groups in total. The molecule has 2 aliphatic heterocycles. The minimum Gasteiger partial charge on any atom is -0.369 e. The van der Waals surface area contributed by atoms with Crippen LogP contribution in [-0.4, -0.2) is 37.5 Å². The van der Waals surface area contributed by atoms with Crippen LogP contribution in [-0.2, 0) is 30.0 Å². The predicted octanol–water partition coefficient (Wildman–Crippen LogP) is 3.29. The summed E-state index contributed by atoms with van der Waals surface area (Å²) in [6, 6.07) is 16.9. The minimum atomic E-state index is -1.01. The average molecular weight is 469 g/mol. The SMILES string of the molecule is CCCC1(c2ccccc2)N=C(N)N(Cc2cccc(C(=O)N3Cc4cnc(C)nc4C3)c2)C1=O. The molecule has 1 atom stereocenters. The number of aliphatic imine (C=N–C) groups is 1. The highest BCUT2D eigenvalue weighted by molar-refractivity contribution is 6.07. The van der Waals surface area contributed by atoms with Crippen molar-refractivity contribution < 1.29 is 9.59 Å². The fourth-order valence-corrected chi connectivity index (χ4v) is 4.92. The number of hydrogen-bond acceptors (Lipinski definition) is 6. The first kappa shape index (κ1) is 22.7. The first-order chi connectivity index (χ1) is 16.9. The molecule has 2 aliphatic rings. The quantitative estimate of drug-likeness (QED) is 0.598. The molecular formula is C27H28N6O2. The van der Waals surface area contributed by atoms with E-state index in [9.17, 15) is 9.59 Å². The van der Waals surface area contributed by atoms with Crippen LogP contribution in [0.3, 0.4) is 0 Å². The van der Waals surface area contributed by atoms with Crippen molar-refractivity contribution >= 4 is 17.8 Å². The highest BCUT2D eigenvalue weighted by atomic mass is 16.2. The second kappa shape index (κ2) is 8.94. The molecular weight excluding hydrogens is 440 g/mol. The van der Waals surface area contributed by atoms with Crippen molar-refractivity contribution in [3.63, 3.8) is 0 Å². The van der Waals surface area contributed by atoms with Crippen molar-refractivity contribution in [1.29, 1.82) is 0 Å². The lowest BCUT2D eigenvalue weighted by molar-refractivity contribution is -0.132. The van der Waals surface area contributed by atoms with Gasteiger partial charge in [-0.05, 0) is 36.6 Å². The molecule has 0 radical (unpaired) electrons. The summed E-state index contributed by atoms with van der Waals surface area (Å²) in [5, 5.41) is 0. The van der Waals surface area contributed by atoms with E-state index in [0.717, 1.165) is 28.8 Å². The average Bonchev–Trinajstić information content (AvgIpc) is 3.39. The van der Waals surface area contributed by atoms with Crippen LogP contribution in [0.25, 0.3) is 0 Å². The zero-order valence-corrected chi connectivity index (χ0v) is 19.9. The van der Waals surface area contributed by atoms with Crippen LogP contribution in [0.15, 0.2) is 65.8 Å².